The summed E-state index contributed by atoms with van der Waals surface area (Å²) in [7, 11) is 0. The summed E-state index contributed by atoms with van der Waals surface area (Å²) in [5.74, 6) is 0.189. The Hall–Kier alpha value is -2.60. The molecule has 5 nitrogen and oxygen atoms in total. The Labute approximate surface area is 143 Å². The van der Waals surface area contributed by atoms with Gasteiger partial charge in [0.15, 0.2) is 5.16 Å². The maximum atomic E-state index is 12.5. The van der Waals surface area contributed by atoms with Crippen molar-refractivity contribution in [2.75, 3.05) is 17.2 Å². The molecule has 1 heterocycles. The van der Waals surface area contributed by atoms with E-state index in [-0.39, 0.29) is 17.2 Å². The first kappa shape index (κ1) is 16.3. The molecule has 0 unspecified atom stereocenters. The second-order valence-corrected chi connectivity index (χ2v) is 6.11. The van der Waals surface area contributed by atoms with E-state index >= 15 is 0 Å². The fourth-order valence-electron chi connectivity index (χ4n) is 2.45. The van der Waals surface area contributed by atoms with Crippen LogP contribution in [-0.4, -0.2) is 28.2 Å². The number of para-hydroxylation sites is 2. The minimum Gasteiger partial charge on any atom is -0.312 e. The van der Waals surface area contributed by atoms with Crippen molar-refractivity contribution in [3.05, 3.63) is 65.0 Å². The van der Waals surface area contributed by atoms with Gasteiger partial charge in [-0.2, -0.15) is 0 Å². The third kappa shape index (κ3) is 3.49. The fourth-order valence-corrected chi connectivity index (χ4v) is 3.20. The van der Waals surface area contributed by atoms with Crippen LogP contribution in [0.1, 0.15) is 6.92 Å². The SMILES string of the molecule is CCN(C(=O)CSc1nc2ccccc2c(=O)[nH]1)c1ccccc1. The number of anilines is 1. The van der Waals surface area contributed by atoms with Gasteiger partial charge in [-0.3, -0.25) is 9.59 Å². The van der Waals surface area contributed by atoms with Crippen molar-refractivity contribution in [1.29, 1.82) is 0 Å². The topological polar surface area (TPSA) is 66.1 Å². The van der Waals surface area contributed by atoms with Gasteiger partial charge in [0.25, 0.3) is 5.56 Å². The third-order valence-corrected chi connectivity index (χ3v) is 4.47. The van der Waals surface area contributed by atoms with Crippen LogP contribution in [0.25, 0.3) is 10.9 Å². The number of carbonyl (C=O) groups excluding carboxylic acids is 1. The van der Waals surface area contributed by atoms with Crippen molar-refractivity contribution >= 4 is 34.3 Å². The molecule has 0 atom stereocenters. The predicted octanol–water partition coefficient (Wildman–Crippen LogP) is 3.07. The summed E-state index contributed by atoms with van der Waals surface area (Å²) >= 11 is 1.24. The molecule has 0 bridgehead atoms. The van der Waals surface area contributed by atoms with Crippen LogP contribution in [0, 0.1) is 0 Å². The summed E-state index contributed by atoms with van der Waals surface area (Å²) in [6.07, 6.45) is 0. The van der Waals surface area contributed by atoms with Gasteiger partial charge in [0.2, 0.25) is 5.91 Å². The number of nitrogens with one attached hydrogen (secondary N) is 1. The maximum Gasteiger partial charge on any atom is 0.259 e. The molecule has 0 saturated carbocycles. The van der Waals surface area contributed by atoms with Gasteiger partial charge in [-0.25, -0.2) is 4.98 Å². The van der Waals surface area contributed by atoms with Gasteiger partial charge in [0.05, 0.1) is 16.7 Å². The first-order valence-corrected chi connectivity index (χ1v) is 8.65. The van der Waals surface area contributed by atoms with E-state index in [1.807, 2.05) is 43.3 Å². The number of carbonyl (C=O) groups is 1. The van der Waals surface area contributed by atoms with Crippen molar-refractivity contribution in [2.45, 2.75) is 12.1 Å². The maximum absolute atomic E-state index is 12.5. The van der Waals surface area contributed by atoms with Crippen LogP contribution in [-0.2, 0) is 4.79 Å². The molecule has 0 aliphatic rings. The van der Waals surface area contributed by atoms with E-state index in [2.05, 4.69) is 9.97 Å². The summed E-state index contributed by atoms with van der Waals surface area (Å²) in [5.41, 5.74) is 1.31. The standard InChI is InChI=1S/C18H17N3O2S/c1-2-21(13-8-4-3-5-9-13)16(22)12-24-18-19-15-11-7-6-10-14(15)17(23)20-18/h3-11H,2,12H2,1H3,(H,19,20,23). The second kappa shape index (κ2) is 7.31. The molecule has 2 aromatic carbocycles. The zero-order valence-electron chi connectivity index (χ0n) is 13.2. The lowest BCUT2D eigenvalue weighted by Crippen LogP contribution is -2.32. The average Bonchev–Trinajstić information content (AvgIpc) is 2.61. The molecule has 1 amide bonds. The van der Waals surface area contributed by atoms with Gasteiger partial charge in [0, 0.05) is 12.2 Å². The van der Waals surface area contributed by atoms with Crippen LogP contribution in [0.5, 0.6) is 0 Å². The molecule has 6 heteroatoms. The number of aromatic amines is 1. The zero-order valence-corrected chi connectivity index (χ0v) is 14.0. The molecule has 1 N–H and O–H groups in total. The van der Waals surface area contributed by atoms with E-state index in [1.54, 1.807) is 23.1 Å². The highest BCUT2D eigenvalue weighted by atomic mass is 32.2. The monoisotopic (exact) mass is 339 g/mol. The molecule has 0 spiro atoms. The van der Waals surface area contributed by atoms with E-state index in [4.69, 9.17) is 0 Å². The Kier molecular flexibility index (Phi) is 4.96. The molecule has 24 heavy (non-hydrogen) atoms. The van der Waals surface area contributed by atoms with Crippen molar-refractivity contribution in [2.24, 2.45) is 0 Å². The molecule has 3 rings (SSSR count). The van der Waals surface area contributed by atoms with E-state index in [9.17, 15) is 9.59 Å². The van der Waals surface area contributed by atoms with Crippen LogP contribution < -0.4 is 10.5 Å². The lowest BCUT2D eigenvalue weighted by molar-refractivity contribution is -0.116. The largest absolute Gasteiger partial charge is 0.312 e. The number of amides is 1. The summed E-state index contributed by atoms with van der Waals surface area (Å²) in [4.78, 5) is 33.4. The summed E-state index contributed by atoms with van der Waals surface area (Å²) < 4.78 is 0. The quantitative estimate of drug-likeness (QED) is 0.573. The van der Waals surface area contributed by atoms with Crippen LogP contribution in [0.15, 0.2) is 64.5 Å². The predicted molar refractivity (Wildman–Crippen MR) is 97.6 cm³/mol. The molecule has 0 aliphatic heterocycles. The Morgan fingerprint density at radius 1 is 1.12 bits per heavy atom. The summed E-state index contributed by atoms with van der Waals surface area (Å²) in [6, 6.07) is 16.7. The molecular formula is C18H17N3O2S. The Morgan fingerprint density at radius 2 is 1.83 bits per heavy atom. The lowest BCUT2D eigenvalue weighted by Gasteiger charge is -2.20. The van der Waals surface area contributed by atoms with E-state index in [0.29, 0.717) is 22.6 Å². The van der Waals surface area contributed by atoms with Crippen molar-refractivity contribution < 1.29 is 4.79 Å². The van der Waals surface area contributed by atoms with E-state index < -0.39 is 0 Å². The lowest BCUT2D eigenvalue weighted by atomic mass is 10.2. The highest BCUT2D eigenvalue weighted by molar-refractivity contribution is 7.99. The van der Waals surface area contributed by atoms with Crippen LogP contribution in [0.2, 0.25) is 0 Å². The first-order chi connectivity index (χ1) is 11.7. The third-order valence-electron chi connectivity index (χ3n) is 3.61. The Balaban J connectivity index is 1.75. The number of nitrogens with zero attached hydrogens (tertiary/aromatic N) is 2. The zero-order chi connectivity index (χ0) is 16.9. The molecular weight excluding hydrogens is 322 g/mol. The number of H-pyrrole nitrogens is 1. The fraction of sp³-hybridized carbons (Fsp3) is 0.167. The molecule has 0 radical (unpaired) electrons. The highest BCUT2D eigenvalue weighted by Crippen LogP contribution is 2.18. The number of benzene rings is 2. The van der Waals surface area contributed by atoms with Gasteiger partial charge in [-0.05, 0) is 31.2 Å². The number of hydrogen-bond acceptors (Lipinski definition) is 4. The number of hydrogen-bond donors (Lipinski definition) is 1. The van der Waals surface area contributed by atoms with Crippen LogP contribution in [0.4, 0.5) is 5.69 Å². The molecule has 3 aromatic rings. The molecule has 0 saturated heterocycles. The molecule has 1 aromatic heterocycles. The smallest absolute Gasteiger partial charge is 0.259 e. The highest BCUT2D eigenvalue weighted by Gasteiger charge is 2.15. The van der Waals surface area contributed by atoms with Gasteiger partial charge in [0.1, 0.15) is 0 Å². The normalized spacial score (nSPS) is 10.7. The minimum atomic E-state index is -0.189. The van der Waals surface area contributed by atoms with Gasteiger partial charge >= 0.3 is 0 Å². The van der Waals surface area contributed by atoms with E-state index in [0.717, 1.165) is 5.69 Å². The Bertz CT molecular complexity index is 909. The van der Waals surface area contributed by atoms with Gasteiger partial charge < -0.3 is 9.88 Å². The average molecular weight is 339 g/mol. The summed E-state index contributed by atoms with van der Waals surface area (Å²) in [5, 5.41) is 1.00. The molecule has 122 valence electrons. The summed E-state index contributed by atoms with van der Waals surface area (Å²) in [6.45, 7) is 2.52. The Morgan fingerprint density at radius 3 is 2.58 bits per heavy atom. The number of rotatable bonds is 5. The second-order valence-electron chi connectivity index (χ2n) is 5.15. The van der Waals surface area contributed by atoms with Crippen molar-refractivity contribution in [1.82, 2.24) is 9.97 Å². The first-order valence-electron chi connectivity index (χ1n) is 7.66. The van der Waals surface area contributed by atoms with Gasteiger partial charge in [-0.15, -0.1) is 0 Å². The van der Waals surface area contributed by atoms with Crippen molar-refractivity contribution in [3.8, 4) is 0 Å². The number of fused-ring (bicyclic) bond motifs is 1. The number of aromatic nitrogens is 2. The molecule has 0 fully saturated rings. The van der Waals surface area contributed by atoms with Crippen molar-refractivity contribution in [3.63, 3.8) is 0 Å². The molecule has 0 aliphatic carbocycles. The van der Waals surface area contributed by atoms with E-state index in [1.165, 1.54) is 11.8 Å². The van der Waals surface area contributed by atoms with Crippen LogP contribution >= 0.6 is 11.8 Å². The van der Waals surface area contributed by atoms with Gasteiger partial charge in [-0.1, -0.05) is 42.1 Å². The number of thioether (sulfide) groups is 1. The van der Waals surface area contributed by atoms with Crippen LogP contribution in [0.3, 0.4) is 0 Å². The minimum absolute atomic E-state index is 0.0236.